The minimum Gasteiger partial charge on any atom is -0.324 e. The molecule has 3 rings (SSSR count). The Morgan fingerprint density at radius 1 is 1.14 bits per heavy atom. The van der Waals surface area contributed by atoms with Gasteiger partial charge in [0.2, 0.25) is 5.91 Å². The Hall–Kier alpha value is -1.26. The predicted molar refractivity (Wildman–Crippen MR) is 116 cm³/mol. The molecule has 9 heteroatoms. The van der Waals surface area contributed by atoms with Crippen molar-refractivity contribution in [3.8, 4) is 0 Å². The number of benzene rings is 1. The lowest BCUT2D eigenvalue weighted by Gasteiger charge is -2.36. The van der Waals surface area contributed by atoms with Crippen molar-refractivity contribution < 1.29 is 13.2 Å². The molecule has 0 spiro atoms. The number of amides is 1. The van der Waals surface area contributed by atoms with E-state index in [4.69, 9.17) is 0 Å². The maximum absolute atomic E-state index is 12.7. The summed E-state index contributed by atoms with van der Waals surface area (Å²) in [4.78, 5) is 14.7. The number of rotatable bonds is 5. The molecular formula is C19H24BrN3O3S2. The summed E-state index contributed by atoms with van der Waals surface area (Å²) in [6.45, 7) is 7.61. The van der Waals surface area contributed by atoms with Crippen molar-refractivity contribution in [3.05, 3.63) is 45.2 Å². The molecule has 0 saturated carbocycles. The zero-order valence-electron chi connectivity index (χ0n) is 16.1. The summed E-state index contributed by atoms with van der Waals surface area (Å²) in [5.41, 5.74) is 2.93. The standard InChI is InChI=1S/C19H24BrN3O3S2/c1-13-4-5-14(2)16(12-13)21-19(24)15(3)22-8-10-23(11-9-22)28(25,26)18-7-6-17(20)27-18/h4-7,12,15H,8-11H2,1-3H3,(H,21,24). The average Bonchev–Trinajstić information content (AvgIpc) is 3.11. The number of piperazine rings is 1. The van der Waals surface area contributed by atoms with Gasteiger partial charge in [-0.25, -0.2) is 8.42 Å². The summed E-state index contributed by atoms with van der Waals surface area (Å²) in [5.74, 6) is -0.0767. The maximum atomic E-state index is 12.7. The molecule has 0 radical (unpaired) electrons. The van der Waals surface area contributed by atoms with Crippen molar-refractivity contribution in [2.45, 2.75) is 31.0 Å². The zero-order chi connectivity index (χ0) is 20.5. The van der Waals surface area contributed by atoms with Crippen LogP contribution in [-0.2, 0) is 14.8 Å². The number of aryl methyl sites for hydroxylation is 2. The molecule has 1 unspecified atom stereocenters. The fourth-order valence-electron chi connectivity index (χ4n) is 3.17. The van der Waals surface area contributed by atoms with Gasteiger partial charge in [-0.2, -0.15) is 4.31 Å². The third-order valence-corrected chi connectivity index (χ3v) is 8.98. The number of nitrogens with zero attached hydrogens (tertiary/aromatic N) is 2. The Morgan fingerprint density at radius 2 is 1.82 bits per heavy atom. The lowest BCUT2D eigenvalue weighted by Crippen LogP contribution is -2.53. The van der Waals surface area contributed by atoms with Crippen LogP contribution in [0.1, 0.15) is 18.1 Å². The van der Waals surface area contributed by atoms with Crippen molar-refractivity contribution in [1.29, 1.82) is 0 Å². The first-order valence-corrected chi connectivity index (χ1v) is 12.1. The van der Waals surface area contributed by atoms with Gasteiger partial charge in [0.25, 0.3) is 10.0 Å². The number of halogens is 1. The molecule has 1 atom stereocenters. The molecule has 1 amide bonds. The molecule has 0 aliphatic carbocycles. The number of thiophene rings is 1. The van der Waals surface area contributed by atoms with E-state index in [9.17, 15) is 13.2 Å². The minimum absolute atomic E-state index is 0.0767. The SMILES string of the molecule is Cc1ccc(C)c(NC(=O)C(C)N2CCN(S(=O)(=O)c3ccc(Br)s3)CC2)c1. The molecule has 2 aromatic rings. The van der Waals surface area contributed by atoms with Crippen molar-refractivity contribution in [2.75, 3.05) is 31.5 Å². The van der Waals surface area contributed by atoms with Crippen LogP contribution < -0.4 is 5.32 Å². The van der Waals surface area contributed by atoms with Gasteiger partial charge >= 0.3 is 0 Å². The Kier molecular flexibility index (Phi) is 6.61. The lowest BCUT2D eigenvalue weighted by molar-refractivity contribution is -0.121. The van der Waals surface area contributed by atoms with E-state index in [0.717, 1.165) is 20.6 Å². The van der Waals surface area contributed by atoms with Crippen LogP contribution in [-0.4, -0.2) is 55.8 Å². The second kappa shape index (κ2) is 8.62. The first kappa shape index (κ1) is 21.4. The highest BCUT2D eigenvalue weighted by Gasteiger charge is 2.32. The number of carbonyl (C=O) groups excluding carboxylic acids is 1. The fourth-order valence-corrected chi connectivity index (χ4v) is 6.75. The van der Waals surface area contributed by atoms with Crippen LogP contribution in [0.3, 0.4) is 0 Å². The zero-order valence-corrected chi connectivity index (χ0v) is 19.3. The molecule has 1 fully saturated rings. The molecule has 28 heavy (non-hydrogen) atoms. The van der Waals surface area contributed by atoms with E-state index in [0.29, 0.717) is 30.4 Å². The van der Waals surface area contributed by atoms with E-state index in [2.05, 4.69) is 21.2 Å². The van der Waals surface area contributed by atoms with Gasteiger partial charge in [0.15, 0.2) is 0 Å². The van der Waals surface area contributed by atoms with E-state index < -0.39 is 10.0 Å². The van der Waals surface area contributed by atoms with Crippen LogP contribution in [0, 0.1) is 13.8 Å². The molecule has 0 bridgehead atoms. The smallest absolute Gasteiger partial charge is 0.252 e. The number of nitrogens with one attached hydrogen (secondary N) is 1. The first-order chi connectivity index (χ1) is 13.2. The quantitative estimate of drug-likeness (QED) is 0.703. The van der Waals surface area contributed by atoms with Gasteiger partial charge in [-0.15, -0.1) is 11.3 Å². The van der Waals surface area contributed by atoms with Crippen LogP contribution in [0.15, 0.2) is 38.3 Å². The fraction of sp³-hybridized carbons (Fsp3) is 0.421. The third kappa shape index (κ3) is 4.65. The molecule has 1 N–H and O–H groups in total. The Balaban J connectivity index is 1.61. The predicted octanol–water partition coefficient (Wildman–Crippen LogP) is 3.46. The molecule has 152 valence electrons. The monoisotopic (exact) mass is 485 g/mol. The number of hydrogen-bond donors (Lipinski definition) is 1. The molecular weight excluding hydrogens is 462 g/mol. The van der Waals surface area contributed by atoms with Gasteiger partial charge in [0.1, 0.15) is 4.21 Å². The summed E-state index contributed by atoms with van der Waals surface area (Å²) < 4.78 is 28.1. The van der Waals surface area contributed by atoms with Crippen LogP contribution in [0.4, 0.5) is 5.69 Å². The van der Waals surface area contributed by atoms with Crippen LogP contribution in [0.2, 0.25) is 0 Å². The van der Waals surface area contributed by atoms with Crippen LogP contribution >= 0.6 is 27.3 Å². The van der Waals surface area contributed by atoms with Crippen molar-refractivity contribution in [3.63, 3.8) is 0 Å². The normalized spacial score (nSPS) is 17.4. The second-order valence-corrected chi connectivity index (χ2v) is 11.6. The first-order valence-electron chi connectivity index (χ1n) is 9.06. The minimum atomic E-state index is -3.47. The van der Waals surface area contributed by atoms with Gasteiger partial charge < -0.3 is 5.32 Å². The van der Waals surface area contributed by atoms with Crippen molar-refractivity contribution in [1.82, 2.24) is 9.21 Å². The number of anilines is 1. The van der Waals surface area contributed by atoms with Gasteiger partial charge in [-0.3, -0.25) is 9.69 Å². The highest BCUT2D eigenvalue weighted by molar-refractivity contribution is 9.11. The Labute approximate surface area is 178 Å². The van der Waals surface area contributed by atoms with Gasteiger partial charge in [-0.1, -0.05) is 12.1 Å². The molecule has 6 nitrogen and oxygen atoms in total. The molecule has 2 heterocycles. The lowest BCUT2D eigenvalue weighted by atomic mass is 10.1. The van der Waals surface area contributed by atoms with E-state index in [-0.39, 0.29) is 11.9 Å². The summed E-state index contributed by atoms with van der Waals surface area (Å²) in [6, 6.07) is 9.00. The van der Waals surface area contributed by atoms with E-state index in [1.807, 2.05) is 43.9 Å². The topological polar surface area (TPSA) is 69.7 Å². The van der Waals surface area contributed by atoms with E-state index in [1.165, 1.54) is 15.6 Å². The number of carbonyl (C=O) groups is 1. The second-order valence-electron chi connectivity index (χ2n) is 6.98. The third-order valence-electron chi connectivity index (χ3n) is 4.99. The Bertz CT molecular complexity index is 967. The molecule has 1 aliphatic rings. The van der Waals surface area contributed by atoms with E-state index in [1.54, 1.807) is 12.1 Å². The van der Waals surface area contributed by atoms with Gasteiger partial charge in [-0.05, 0) is 66.0 Å². The summed E-state index contributed by atoms with van der Waals surface area (Å²) in [6.07, 6.45) is 0. The molecule has 1 aromatic heterocycles. The highest BCUT2D eigenvalue weighted by atomic mass is 79.9. The van der Waals surface area contributed by atoms with Gasteiger partial charge in [0, 0.05) is 31.9 Å². The van der Waals surface area contributed by atoms with E-state index >= 15 is 0 Å². The molecule has 1 saturated heterocycles. The van der Waals surface area contributed by atoms with Gasteiger partial charge in [0.05, 0.1) is 9.83 Å². The average molecular weight is 486 g/mol. The number of hydrogen-bond acceptors (Lipinski definition) is 5. The van der Waals surface area contributed by atoms with Crippen molar-refractivity contribution in [2.24, 2.45) is 0 Å². The van der Waals surface area contributed by atoms with Crippen LogP contribution in [0.25, 0.3) is 0 Å². The maximum Gasteiger partial charge on any atom is 0.252 e. The molecule has 1 aliphatic heterocycles. The number of sulfonamides is 1. The summed E-state index contributed by atoms with van der Waals surface area (Å²) in [7, 11) is -3.47. The summed E-state index contributed by atoms with van der Waals surface area (Å²) in [5, 5.41) is 3.00. The summed E-state index contributed by atoms with van der Waals surface area (Å²) >= 11 is 4.53. The highest BCUT2D eigenvalue weighted by Crippen LogP contribution is 2.29. The van der Waals surface area contributed by atoms with Crippen molar-refractivity contribution >= 4 is 48.9 Å². The molecule has 1 aromatic carbocycles. The Morgan fingerprint density at radius 3 is 2.43 bits per heavy atom. The largest absolute Gasteiger partial charge is 0.324 e. The van der Waals surface area contributed by atoms with Crippen LogP contribution in [0.5, 0.6) is 0 Å².